The molecule has 0 aromatic carbocycles. The topological polar surface area (TPSA) is 12.0 Å². The fraction of sp³-hybridized carbons (Fsp3) is 1.00. The fourth-order valence-corrected chi connectivity index (χ4v) is 0.724. The highest BCUT2D eigenvalue weighted by Crippen LogP contribution is 2.27. The molecule has 1 saturated carbocycles. The monoisotopic (exact) mass is 83.1 g/mol. The molecule has 1 N–H and O–H groups in total. The molecular formula is C4H10BN. The molecule has 0 aliphatic heterocycles. The van der Waals surface area contributed by atoms with Gasteiger partial charge in [-0.1, -0.05) is 6.92 Å². The molecule has 2 unspecified atom stereocenters. The minimum atomic E-state index is 0.852. The molecular weight excluding hydrogens is 72.9 g/mol. The highest BCUT2D eigenvalue weighted by atomic mass is 14.9. The van der Waals surface area contributed by atoms with Crippen molar-refractivity contribution in [2.75, 3.05) is 0 Å². The van der Waals surface area contributed by atoms with Crippen molar-refractivity contribution in [2.45, 2.75) is 19.4 Å². The lowest BCUT2D eigenvalue weighted by atomic mass is 10.4. The van der Waals surface area contributed by atoms with E-state index in [1.807, 2.05) is 7.98 Å². The summed E-state index contributed by atoms with van der Waals surface area (Å²) in [4.78, 5) is 0. The molecule has 0 bridgehead atoms. The van der Waals surface area contributed by atoms with E-state index in [2.05, 4.69) is 12.2 Å². The van der Waals surface area contributed by atoms with Gasteiger partial charge < -0.3 is 5.23 Å². The van der Waals surface area contributed by atoms with Gasteiger partial charge in [-0.3, -0.25) is 0 Å². The van der Waals surface area contributed by atoms with Gasteiger partial charge >= 0.3 is 0 Å². The minimum absolute atomic E-state index is 0.852. The summed E-state index contributed by atoms with van der Waals surface area (Å²) in [5.41, 5.74) is 0. The Morgan fingerprint density at radius 1 is 1.83 bits per heavy atom. The molecule has 6 heavy (non-hydrogen) atoms. The second-order valence-corrected chi connectivity index (χ2v) is 2.11. The Bertz CT molecular complexity index is 53.5. The van der Waals surface area contributed by atoms with Crippen molar-refractivity contribution < 1.29 is 0 Å². The Kier molecular flexibility index (Phi) is 0.883. The van der Waals surface area contributed by atoms with Crippen LogP contribution in [0, 0.1) is 5.92 Å². The smallest absolute Gasteiger partial charge is 0.182 e. The van der Waals surface area contributed by atoms with Gasteiger partial charge in [-0.2, -0.15) is 0 Å². The summed E-state index contributed by atoms with van der Waals surface area (Å²) in [5.74, 6) is 0.954. The lowest BCUT2D eigenvalue weighted by Crippen LogP contribution is -2.11. The highest BCUT2D eigenvalue weighted by Gasteiger charge is 2.29. The normalized spacial score (nSPS) is 42.8. The molecule has 1 rings (SSSR count). The van der Waals surface area contributed by atoms with Crippen LogP contribution in [0.2, 0.25) is 0 Å². The molecule has 0 aromatic rings. The van der Waals surface area contributed by atoms with Gasteiger partial charge in [0.1, 0.15) is 0 Å². The van der Waals surface area contributed by atoms with Crippen LogP contribution in [-0.4, -0.2) is 14.0 Å². The predicted molar refractivity (Wildman–Crippen MR) is 29.2 cm³/mol. The summed E-state index contributed by atoms with van der Waals surface area (Å²) in [6, 6.07) is 0.852. The van der Waals surface area contributed by atoms with Crippen molar-refractivity contribution >= 4 is 7.98 Å². The van der Waals surface area contributed by atoms with E-state index >= 15 is 0 Å². The third-order valence-corrected chi connectivity index (χ3v) is 1.48. The zero-order chi connectivity index (χ0) is 4.57. The number of hydrogen-bond donors (Lipinski definition) is 1. The molecule has 2 heteroatoms. The maximum Gasteiger partial charge on any atom is 0.182 e. The second-order valence-electron chi connectivity index (χ2n) is 2.11. The Morgan fingerprint density at radius 3 is 2.33 bits per heavy atom. The number of hydrogen-bond acceptors (Lipinski definition) is 1. The average molecular weight is 82.9 g/mol. The van der Waals surface area contributed by atoms with Crippen LogP contribution in [0.4, 0.5) is 0 Å². The maximum absolute atomic E-state index is 3.19. The molecule has 0 spiro atoms. The fourth-order valence-electron chi connectivity index (χ4n) is 0.724. The first-order valence-corrected chi connectivity index (χ1v) is 2.52. The van der Waals surface area contributed by atoms with Crippen molar-refractivity contribution in [1.29, 1.82) is 0 Å². The van der Waals surface area contributed by atoms with Gasteiger partial charge in [0.15, 0.2) is 7.98 Å². The van der Waals surface area contributed by atoms with Gasteiger partial charge in [-0.15, -0.1) is 0 Å². The van der Waals surface area contributed by atoms with Gasteiger partial charge in [-0.05, 0) is 18.4 Å². The molecule has 0 saturated heterocycles. The van der Waals surface area contributed by atoms with E-state index in [0.29, 0.717) is 0 Å². The molecule has 1 nitrogen and oxygen atoms in total. The van der Waals surface area contributed by atoms with Crippen molar-refractivity contribution in [1.82, 2.24) is 5.23 Å². The second kappa shape index (κ2) is 1.26. The first kappa shape index (κ1) is 4.19. The van der Waals surface area contributed by atoms with E-state index in [9.17, 15) is 0 Å². The summed E-state index contributed by atoms with van der Waals surface area (Å²) < 4.78 is 0. The standard InChI is InChI=1S/C4H10BN/c1-3-2-4(3)6-5/h3-4,6H,2,5H2,1H3. The van der Waals surface area contributed by atoms with Gasteiger partial charge in [0.2, 0.25) is 0 Å². The van der Waals surface area contributed by atoms with Crippen LogP contribution in [0.5, 0.6) is 0 Å². The lowest BCUT2D eigenvalue weighted by molar-refractivity contribution is 0.840. The Hall–Kier alpha value is 0.0249. The van der Waals surface area contributed by atoms with E-state index in [0.717, 1.165) is 12.0 Å². The lowest BCUT2D eigenvalue weighted by Gasteiger charge is -1.84. The SMILES string of the molecule is BNC1CC1C. The van der Waals surface area contributed by atoms with E-state index < -0.39 is 0 Å². The van der Waals surface area contributed by atoms with Crippen LogP contribution < -0.4 is 5.23 Å². The highest BCUT2D eigenvalue weighted by molar-refractivity contribution is 6.04. The van der Waals surface area contributed by atoms with Crippen LogP contribution in [-0.2, 0) is 0 Å². The predicted octanol–water partition coefficient (Wildman–Crippen LogP) is -0.468. The minimum Gasteiger partial charge on any atom is -0.359 e. The summed E-state index contributed by atoms with van der Waals surface area (Å²) in [6.07, 6.45) is 1.39. The number of nitrogens with one attached hydrogen (secondary N) is 1. The van der Waals surface area contributed by atoms with E-state index in [1.165, 1.54) is 6.42 Å². The van der Waals surface area contributed by atoms with Gasteiger partial charge in [0.25, 0.3) is 0 Å². The quantitative estimate of drug-likeness (QED) is 0.422. The van der Waals surface area contributed by atoms with Crippen molar-refractivity contribution in [3.8, 4) is 0 Å². The van der Waals surface area contributed by atoms with Crippen LogP contribution in [0.1, 0.15) is 13.3 Å². The Morgan fingerprint density at radius 2 is 2.33 bits per heavy atom. The zero-order valence-corrected chi connectivity index (χ0v) is 4.36. The Labute approximate surface area is 39.6 Å². The molecule has 1 aliphatic carbocycles. The van der Waals surface area contributed by atoms with Crippen LogP contribution in [0.3, 0.4) is 0 Å². The first-order valence-electron chi connectivity index (χ1n) is 2.52. The summed E-state index contributed by atoms with van der Waals surface area (Å²) >= 11 is 0. The maximum atomic E-state index is 3.19. The van der Waals surface area contributed by atoms with E-state index in [1.54, 1.807) is 0 Å². The van der Waals surface area contributed by atoms with Crippen molar-refractivity contribution in [3.63, 3.8) is 0 Å². The van der Waals surface area contributed by atoms with Gasteiger partial charge in [0, 0.05) is 0 Å². The molecule has 34 valence electrons. The van der Waals surface area contributed by atoms with E-state index in [4.69, 9.17) is 0 Å². The largest absolute Gasteiger partial charge is 0.359 e. The zero-order valence-electron chi connectivity index (χ0n) is 4.36. The van der Waals surface area contributed by atoms with Gasteiger partial charge in [-0.25, -0.2) is 0 Å². The van der Waals surface area contributed by atoms with E-state index in [-0.39, 0.29) is 0 Å². The summed E-state index contributed by atoms with van der Waals surface area (Å²) in [7, 11) is 2.02. The first-order chi connectivity index (χ1) is 2.84. The summed E-state index contributed by atoms with van der Waals surface area (Å²) in [6.45, 7) is 2.27. The summed E-state index contributed by atoms with van der Waals surface area (Å²) in [5, 5.41) is 3.19. The molecule has 0 heterocycles. The molecule has 0 aromatic heterocycles. The van der Waals surface area contributed by atoms with Gasteiger partial charge in [0.05, 0.1) is 0 Å². The van der Waals surface area contributed by atoms with Crippen molar-refractivity contribution in [3.05, 3.63) is 0 Å². The molecule has 0 amide bonds. The van der Waals surface area contributed by atoms with Crippen LogP contribution in [0.15, 0.2) is 0 Å². The Balaban J connectivity index is 2.09. The molecule has 0 radical (unpaired) electrons. The molecule has 2 atom stereocenters. The third kappa shape index (κ3) is 0.572. The molecule has 1 fully saturated rings. The van der Waals surface area contributed by atoms with Crippen molar-refractivity contribution in [2.24, 2.45) is 5.92 Å². The molecule has 1 aliphatic rings. The van der Waals surface area contributed by atoms with Crippen LogP contribution >= 0.6 is 0 Å². The third-order valence-electron chi connectivity index (χ3n) is 1.48. The average Bonchev–Trinajstić information content (AvgIpc) is 2.19. The van der Waals surface area contributed by atoms with Crippen LogP contribution in [0.25, 0.3) is 0 Å². The number of rotatable bonds is 1.